The van der Waals surface area contributed by atoms with E-state index in [0.29, 0.717) is 15.6 Å². The molecule has 0 N–H and O–H groups in total. The Morgan fingerprint density at radius 1 is 1.22 bits per heavy atom. The van der Waals surface area contributed by atoms with E-state index in [4.69, 9.17) is 23.2 Å². The number of benzene rings is 1. The van der Waals surface area contributed by atoms with Gasteiger partial charge in [-0.15, -0.1) is 0 Å². The van der Waals surface area contributed by atoms with Crippen molar-refractivity contribution in [3.63, 3.8) is 0 Å². The monoisotopic (exact) mass is 284 g/mol. The van der Waals surface area contributed by atoms with Crippen molar-refractivity contribution in [3.05, 3.63) is 44.3 Å². The van der Waals surface area contributed by atoms with Crippen LogP contribution in [0.2, 0.25) is 10.0 Å². The molecule has 0 amide bonds. The fraction of sp³-hybridized carbons (Fsp3) is 0.364. The van der Waals surface area contributed by atoms with Crippen LogP contribution in [0.25, 0.3) is 0 Å². The van der Waals surface area contributed by atoms with Gasteiger partial charge in [-0.1, -0.05) is 29.3 Å². The van der Waals surface area contributed by atoms with Gasteiger partial charge in [-0.2, -0.15) is 9.36 Å². The Balaban J connectivity index is 1.95. The maximum Gasteiger partial charge on any atom is 0.364 e. The third-order valence-electron chi connectivity index (χ3n) is 2.92. The van der Waals surface area contributed by atoms with Gasteiger partial charge in [-0.25, -0.2) is 4.79 Å². The second-order valence-electron chi connectivity index (χ2n) is 4.30. The minimum Gasteiger partial charge on any atom is -0.244 e. The molecule has 1 aliphatic rings. The molecule has 94 valence electrons. The molecule has 0 bridgehead atoms. The van der Waals surface area contributed by atoms with Gasteiger partial charge in [0, 0.05) is 15.6 Å². The summed E-state index contributed by atoms with van der Waals surface area (Å²) in [4.78, 5) is 12.0. The summed E-state index contributed by atoms with van der Waals surface area (Å²) in [5.74, 6) is 0. The summed E-state index contributed by atoms with van der Waals surface area (Å²) >= 11 is 12.1. The molecule has 1 aromatic carbocycles. The van der Waals surface area contributed by atoms with E-state index in [9.17, 15) is 4.79 Å². The zero-order chi connectivity index (χ0) is 12.7. The first-order valence-corrected chi connectivity index (χ1v) is 6.37. The molecule has 2 aromatic rings. The van der Waals surface area contributed by atoms with Crippen LogP contribution in [-0.4, -0.2) is 19.8 Å². The van der Waals surface area contributed by atoms with Gasteiger partial charge >= 0.3 is 5.69 Å². The van der Waals surface area contributed by atoms with Gasteiger partial charge in [-0.05, 0) is 35.4 Å². The zero-order valence-corrected chi connectivity index (χ0v) is 10.9. The molecular formula is C11H10Cl2N4O. The largest absolute Gasteiger partial charge is 0.364 e. The molecule has 0 atom stereocenters. The Morgan fingerprint density at radius 2 is 1.89 bits per heavy atom. The van der Waals surface area contributed by atoms with Gasteiger partial charge in [0.05, 0.1) is 12.6 Å². The highest BCUT2D eigenvalue weighted by Gasteiger charge is 2.28. The van der Waals surface area contributed by atoms with Crippen LogP contribution in [0.1, 0.15) is 24.4 Å². The number of nitrogens with zero attached hydrogens (tertiary/aromatic N) is 4. The Kier molecular flexibility index (Phi) is 2.87. The molecule has 3 rings (SSSR count). The van der Waals surface area contributed by atoms with Crippen molar-refractivity contribution in [1.82, 2.24) is 19.8 Å². The highest BCUT2D eigenvalue weighted by Crippen LogP contribution is 2.32. The molecule has 1 fully saturated rings. The smallest absolute Gasteiger partial charge is 0.244 e. The predicted octanol–water partition coefficient (Wildman–Crippen LogP) is 2.13. The van der Waals surface area contributed by atoms with E-state index in [1.807, 2.05) is 0 Å². The van der Waals surface area contributed by atoms with Crippen LogP contribution in [0.5, 0.6) is 0 Å². The summed E-state index contributed by atoms with van der Waals surface area (Å²) in [7, 11) is 0. The number of hydrogen-bond donors (Lipinski definition) is 0. The molecule has 1 aliphatic carbocycles. The van der Waals surface area contributed by atoms with Crippen molar-refractivity contribution < 1.29 is 0 Å². The molecular weight excluding hydrogens is 275 g/mol. The number of tetrazole rings is 1. The Hall–Kier alpha value is -1.33. The minimum absolute atomic E-state index is 0.214. The molecule has 0 spiro atoms. The fourth-order valence-corrected chi connectivity index (χ4v) is 2.28. The summed E-state index contributed by atoms with van der Waals surface area (Å²) in [5, 5.41) is 8.77. The third kappa shape index (κ3) is 2.04. The Morgan fingerprint density at radius 3 is 2.50 bits per heavy atom. The molecule has 18 heavy (non-hydrogen) atoms. The fourth-order valence-electron chi connectivity index (χ4n) is 1.77. The molecule has 0 aliphatic heterocycles. The van der Waals surface area contributed by atoms with Gasteiger partial charge in [0.15, 0.2) is 0 Å². The summed E-state index contributed by atoms with van der Waals surface area (Å²) in [6.45, 7) is 0.240. The standard InChI is InChI=1S/C11H10Cl2N4O/c12-9-2-1-3-10(13)8(9)6-16-11(18)17(15-14-16)7-4-5-7/h1-3,7H,4-6H2. The lowest BCUT2D eigenvalue weighted by Gasteiger charge is -2.04. The lowest BCUT2D eigenvalue weighted by atomic mass is 10.2. The van der Waals surface area contributed by atoms with Crippen molar-refractivity contribution in [2.45, 2.75) is 25.4 Å². The predicted molar refractivity (Wildman–Crippen MR) is 68.1 cm³/mol. The lowest BCUT2D eigenvalue weighted by molar-refractivity contribution is 0.593. The average Bonchev–Trinajstić information content (AvgIpc) is 3.11. The summed E-state index contributed by atoms with van der Waals surface area (Å²) in [5.41, 5.74) is 0.472. The normalized spacial score (nSPS) is 15.0. The van der Waals surface area contributed by atoms with Crippen molar-refractivity contribution in [1.29, 1.82) is 0 Å². The Labute approximate surface area is 113 Å². The summed E-state index contributed by atoms with van der Waals surface area (Å²) in [6.07, 6.45) is 1.98. The van der Waals surface area contributed by atoms with E-state index in [1.54, 1.807) is 18.2 Å². The highest BCUT2D eigenvalue weighted by atomic mass is 35.5. The second kappa shape index (κ2) is 4.40. The second-order valence-corrected chi connectivity index (χ2v) is 5.11. The van der Waals surface area contributed by atoms with Crippen LogP contribution in [0.3, 0.4) is 0 Å². The first-order chi connectivity index (χ1) is 8.66. The number of rotatable bonds is 3. The molecule has 1 saturated carbocycles. The van der Waals surface area contributed by atoms with Crippen LogP contribution in [0.15, 0.2) is 23.0 Å². The van der Waals surface area contributed by atoms with E-state index < -0.39 is 0 Å². The first-order valence-electron chi connectivity index (χ1n) is 5.62. The average molecular weight is 285 g/mol. The molecule has 7 heteroatoms. The minimum atomic E-state index is -0.214. The summed E-state index contributed by atoms with van der Waals surface area (Å²) < 4.78 is 2.70. The van der Waals surface area contributed by atoms with E-state index in [1.165, 1.54) is 9.36 Å². The number of aromatic nitrogens is 4. The molecule has 0 radical (unpaired) electrons. The van der Waals surface area contributed by atoms with Crippen molar-refractivity contribution >= 4 is 23.2 Å². The van der Waals surface area contributed by atoms with E-state index in [0.717, 1.165) is 12.8 Å². The van der Waals surface area contributed by atoms with Gasteiger partial charge in [0.25, 0.3) is 0 Å². The van der Waals surface area contributed by atoms with E-state index in [-0.39, 0.29) is 18.3 Å². The molecule has 1 aromatic heterocycles. The molecule has 0 saturated heterocycles. The van der Waals surface area contributed by atoms with Crippen LogP contribution in [0.4, 0.5) is 0 Å². The van der Waals surface area contributed by atoms with Crippen LogP contribution in [-0.2, 0) is 6.54 Å². The highest BCUT2D eigenvalue weighted by molar-refractivity contribution is 6.35. The van der Waals surface area contributed by atoms with Crippen LogP contribution < -0.4 is 5.69 Å². The van der Waals surface area contributed by atoms with E-state index >= 15 is 0 Å². The van der Waals surface area contributed by atoms with Gasteiger partial charge in [0.1, 0.15) is 0 Å². The topological polar surface area (TPSA) is 52.7 Å². The molecule has 1 heterocycles. The lowest BCUT2D eigenvalue weighted by Crippen LogP contribution is -2.25. The first kappa shape index (κ1) is 11.7. The number of hydrogen-bond acceptors (Lipinski definition) is 3. The van der Waals surface area contributed by atoms with Gasteiger partial charge in [0.2, 0.25) is 0 Å². The van der Waals surface area contributed by atoms with Gasteiger partial charge < -0.3 is 0 Å². The maximum atomic E-state index is 12.0. The van der Waals surface area contributed by atoms with Crippen molar-refractivity contribution in [2.24, 2.45) is 0 Å². The SMILES string of the molecule is O=c1n(Cc2c(Cl)cccc2Cl)nnn1C1CC1. The van der Waals surface area contributed by atoms with E-state index in [2.05, 4.69) is 10.4 Å². The summed E-state index contributed by atoms with van der Waals surface area (Å²) in [6, 6.07) is 5.45. The Bertz CT molecular complexity index is 624. The third-order valence-corrected chi connectivity index (χ3v) is 3.63. The maximum absolute atomic E-state index is 12.0. The molecule has 5 nitrogen and oxygen atoms in total. The van der Waals surface area contributed by atoms with Crippen molar-refractivity contribution in [2.75, 3.05) is 0 Å². The molecule has 0 unspecified atom stereocenters. The quantitative estimate of drug-likeness (QED) is 0.868. The zero-order valence-electron chi connectivity index (χ0n) is 9.38. The van der Waals surface area contributed by atoms with Gasteiger partial charge in [-0.3, -0.25) is 0 Å². The van der Waals surface area contributed by atoms with Crippen LogP contribution >= 0.6 is 23.2 Å². The van der Waals surface area contributed by atoms with Crippen molar-refractivity contribution in [3.8, 4) is 0 Å². The van der Waals surface area contributed by atoms with Crippen LogP contribution in [0, 0.1) is 0 Å². The number of halogens is 2.